The molecule has 0 bridgehead atoms. The number of nitrogens with zero attached hydrogens (tertiary/aromatic N) is 1. The first-order valence-electron chi connectivity index (χ1n) is 13.8. The van der Waals surface area contributed by atoms with Crippen molar-refractivity contribution in [3.05, 3.63) is 24.8 Å². The lowest BCUT2D eigenvalue weighted by molar-refractivity contribution is -0.128. The Hall–Kier alpha value is -1.82. The third-order valence-corrected chi connectivity index (χ3v) is 6.91. The monoisotopic (exact) mass is 523 g/mol. The normalized spacial score (nSPS) is 20.0. The van der Waals surface area contributed by atoms with Gasteiger partial charge in [-0.1, -0.05) is 57.3 Å². The molecule has 0 saturated heterocycles. The first-order chi connectivity index (χ1) is 18.1. The molecule has 2 rings (SSSR count). The second-order valence-corrected chi connectivity index (χ2v) is 9.82. The van der Waals surface area contributed by atoms with Crippen LogP contribution in [0.2, 0.25) is 0 Å². The number of rotatable bonds is 20. The number of nitrogens with one attached hydrogen (secondary N) is 3. The lowest BCUT2D eigenvalue weighted by atomic mass is 9.84. The summed E-state index contributed by atoms with van der Waals surface area (Å²) < 4.78 is 17.0. The van der Waals surface area contributed by atoms with Crippen LogP contribution in [0, 0.1) is 5.92 Å². The predicted octanol–water partition coefficient (Wildman–Crippen LogP) is 1.62. The maximum Gasteiger partial charge on any atom is 0.246 e. The molecule has 1 saturated carbocycles. The van der Waals surface area contributed by atoms with Crippen molar-refractivity contribution in [3.63, 3.8) is 0 Å². The number of hydrogen-bond acceptors (Lipinski definition) is 8. The molecule has 1 unspecified atom stereocenters. The molecule has 37 heavy (non-hydrogen) atoms. The molecule has 1 aliphatic heterocycles. The van der Waals surface area contributed by atoms with Gasteiger partial charge in [-0.2, -0.15) is 0 Å². The van der Waals surface area contributed by atoms with E-state index in [0.29, 0.717) is 45.7 Å². The third-order valence-electron chi connectivity index (χ3n) is 6.91. The molecule has 1 aliphatic carbocycles. The summed E-state index contributed by atoms with van der Waals surface area (Å²) in [6.45, 7) is 8.54. The maximum atomic E-state index is 13.1. The van der Waals surface area contributed by atoms with Crippen molar-refractivity contribution in [1.82, 2.24) is 20.9 Å². The van der Waals surface area contributed by atoms with E-state index in [0.717, 1.165) is 19.3 Å². The number of hydrogen-bond donors (Lipinski definition) is 4. The van der Waals surface area contributed by atoms with Crippen LogP contribution in [0.25, 0.3) is 0 Å². The largest absolute Gasteiger partial charge is 0.370 e. The van der Waals surface area contributed by atoms with Gasteiger partial charge in [0, 0.05) is 19.1 Å². The van der Waals surface area contributed by atoms with Crippen LogP contribution in [0.15, 0.2) is 24.8 Å². The number of amides is 2. The van der Waals surface area contributed by atoms with Crippen molar-refractivity contribution in [2.45, 2.75) is 76.4 Å². The molecule has 0 radical (unpaired) electrons. The van der Waals surface area contributed by atoms with Crippen molar-refractivity contribution < 1.29 is 23.8 Å². The van der Waals surface area contributed by atoms with E-state index in [2.05, 4.69) is 29.5 Å². The Morgan fingerprint density at radius 1 is 1.19 bits per heavy atom. The first-order valence-corrected chi connectivity index (χ1v) is 13.8. The summed E-state index contributed by atoms with van der Waals surface area (Å²) >= 11 is 0. The van der Waals surface area contributed by atoms with E-state index < -0.39 is 0 Å². The topological polar surface area (TPSA) is 127 Å². The van der Waals surface area contributed by atoms with Crippen LogP contribution in [0.3, 0.4) is 0 Å². The zero-order chi connectivity index (χ0) is 26.7. The summed E-state index contributed by atoms with van der Waals surface area (Å²) in [6, 6.07) is -0.338. The SMILES string of the molecule is C=CCNC(=O)COCC(CCCC)NC(=O)[C@@H]1C=CCN1COC[C@@H](NCOCN)C1CCCCC1. The highest BCUT2D eigenvalue weighted by atomic mass is 16.5. The van der Waals surface area contributed by atoms with Gasteiger partial charge < -0.3 is 30.6 Å². The molecule has 1 heterocycles. The van der Waals surface area contributed by atoms with E-state index in [9.17, 15) is 9.59 Å². The van der Waals surface area contributed by atoms with Gasteiger partial charge in [0.1, 0.15) is 19.4 Å². The van der Waals surface area contributed by atoms with Gasteiger partial charge >= 0.3 is 0 Å². The van der Waals surface area contributed by atoms with Crippen molar-refractivity contribution >= 4 is 11.8 Å². The van der Waals surface area contributed by atoms with Gasteiger partial charge in [0.25, 0.3) is 0 Å². The quantitative estimate of drug-likeness (QED) is 0.108. The van der Waals surface area contributed by atoms with E-state index in [1.165, 1.54) is 32.1 Å². The summed E-state index contributed by atoms with van der Waals surface area (Å²) in [4.78, 5) is 26.9. The number of unbranched alkanes of at least 4 members (excludes halogenated alkanes) is 1. The Morgan fingerprint density at radius 2 is 2.00 bits per heavy atom. The van der Waals surface area contributed by atoms with Gasteiger partial charge in [-0.05, 0) is 25.2 Å². The van der Waals surface area contributed by atoms with Crippen LogP contribution in [-0.2, 0) is 23.8 Å². The zero-order valence-electron chi connectivity index (χ0n) is 22.6. The summed E-state index contributed by atoms with van der Waals surface area (Å²) in [7, 11) is 0. The molecule has 0 aromatic carbocycles. The van der Waals surface area contributed by atoms with Crippen LogP contribution < -0.4 is 21.7 Å². The van der Waals surface area contributed by atoms with Crippen LogP contribution in [-0.4, -0.2) is 87.9 Å². The summed E-state index contributed by atoms with van der Waals surface area (Å²) in [5.41, 5.74) is 5.46. The molecule has 0 aromatic rings. The van der Waals surface area contributed by atoms with Gasteiger partial charge in [-0.15, -0.1) is 6.58 Å². The van der Waals surface area contributed by atoms with Crippen molar-refractivity contribution in [3.8, 4) is 0 Å². The Kier molecular flexibility index (Phi) is 16.4. The Bertz CT molecular complexity index is 686. The summed E-state index contributed by atoms with van der Waals surface area (Å²) in [5, 5.41) is 9.26. The van der Waals surface area contributed by atoms with Crippen LogP contribution in [0.4, 0.5) is 0 Å². The molecule has 0 spiro atoms. The minimum absolute atomic E-state index is 0.0395. The van der Waals surface area contributed by atoms with Crippen LogP contribution in [0.5, 0.6) is 0 Å². The van der Waals surface area contributed by atoms with Gasteiger partial charge in [-0.25, -0.2) is 0 Å². The minimum atomic E-state index is -0.387. The van der Waals surface area contributed by atoms with E-state index in [1.807, 2.05) is 17.1 Å². The molecule has 2 amide bonds. The molecular formula is C27H49N5O5. The second kappa shape index (κ2) is 19.3. The average Bonchev–Trinajstić information content (AvgIpc) is 3.39. The smallest absolute Gasteiger partial charge is 0.246 e. The molecule has 1 fully saturated rings. The van der Waals surface area contributed by atoms with Gasteiger partial charge in [0.05, 0.1) is 32.7 Å². The van der Waals surface area contributed by atoms with Crippen molar-refractivity contribution in [1.29, 1.82) is 0 Å². The summed E-state index contributed by atoms with van der Waals surface area (Å²) in [6.07, 6.45) is 14.5. The van der Waals surface area contributed by atoms with Crippen molar-refractivity contribution in [2.24, 2.45) is 11.7 Å². The van der Waals surface area contributed by atoms with E-state index in [-0.39, 0.29) is 43.3 Å². The highest BCUT2D eigenvalue weighted by molar-refractivity contribution is 5.84. The lowest BCUT2D eigenvalue weighted by Gasteiger charge is -2.32. The van der Waals surface area contributed by atoms with Crippen LogP contribution in [0.1, 0.15) is 58.3 Å². The summed E-state index contributed by atoms with van der Waals surface area (Å²) in [5.74, 6) is 0.290. The van der Waals surface area contributed by atoms with Gasteiger partial charge in [0.2, 0.25) is 11.8 Å². The lowest BCUT2D eigenvalue weighted by Crippen LogP contribution is -2.49. The zero-order valence-corrected chi connectivity index (χ0v) is 22.6. The fraction of sp³-hybridized carbons (Fsp3) is 0.778. The predicted molar refractivity (Wildman–Crippen MR) is 144 cm³/mol. The van der Waals surface area contributed by atoms with Gasteiger partial charge in [-0.3, -0.25) is 19.8 Å². The van der Waals surface area contributed by atoms with Crippen LogP contribution >= 0.6 is 0 Å². The van der Waals surface area contributed by atoms with E-state index in [1.54, 1.807) is 6.08 Å². The molecule has 10 nitrogen and oxygen atoms in total. The Balaban J connectivity index is 1.81. The molecular weight excluding hydrogens is 474 g/mol. The minimum Gasteiger partial charge on any atom is -0.370 e. The fourth-order valence-electron chi connectivity index (χ4n) is 4.83. The Morgan fingerprint density at radius 3 is 2.73 bits per heavy atom. The molecule has 0 aromatic heterocycles. The van der Waals surface area contributed by atoms with E-state index >= 15 is 0 Å². The average molecular weight is 524 g/mol. The van der Waals surface area contributed by atoms with Crippen molar-refractivity contribution in [2.75, 3.05) is 53.1 Å². The molecule has 10 heteroatoms. The number of nitrogens with two attached hydrogens (primary N) is 1. The number of carbonyl (C=O) groups is 2. The highest BCUT2D eigenvalue weighted by Gasteiger charge is 2.29. The first kappa shape index (κ1) is 31.4. The Labute approximate surface area is 222 Å². The second-order valence-electron chi connectivity index (χ2n) is 9.82. The standard InChI is InChI=1S/C27H49N5O5/c1-3-5-12-23(16-35-18-26(33)29-14-4-2)31-27(34)25-13-9-15-32(25)21-36-17-24(30-20-37-19-28)22-10-7-6-8-11-22/h4,9,13,22-25,30H,2-3,5-8,10-12,14-21,28H2,1H3,(H,29,33)(H,31,34)/t23?,24-,25+/m1/s1. The fourth-order valence-corrected chi connectivity index (χ4v) is 4.83. The number of ether oxygens (including phenoxy) is 3. The number of carbonyl (C=O) groups excluding carboxylic acids is 2. The maximum absolute atomic E-state index is 13.1. The molecule has 2 aliphatic rings. The van der Waals surface area contributed by atoms with E-state index in [4.69, 9.17) is 19.9 Å². The third kappa shape index (κ3) is 12.5. The molecule has 212 valence electrons. The molecule has 3 atom stereocenters. The van der Waals surface area contributed by atoms with Gasteiger partial charge in [0.15, 0.2) is 0 Å². The highest BCUT2D eigenvalue weighted by Crippen LogP contribution is 2.26. The molecule has 5 N–H and O–H groups in total.